The number of Topliss-reactive ketones (excluding diaryl/α,β-unsaturated/α-hetero) is 1. The number of hydrogen-bond donors (Lipinski definition) is 1. The molecule has 182 valence electrons. The van der Waals surface area contributed by atoms with Crippen LogP contribution in [0.3, 0.4) is 0 Å². The number of aromatic nitrogens is 1. The van der Waals surface area contributed by atoms with Crippen LogP contribution in [0, 0.1) is 23.2 Å². The maximum atomic E-state index is 12.9. The highest BCUT2D eigenvalue weighted by atomic mass is 16.2. The van der Waals surface area contributed by atoms with Gasteiger partial charge in [0.2, 0.25) is 5.91 Å². The molecule has 7 rings (SSSR count). The van der Waals surface area contributed by atoms with E-state index in [1.165, 1.54) is 0 Å². The lowest BCUT2D eigenvalue weighted by molar-refractivity contribution is -0.135. The molecule has 1 N–H and O–H groups in total. The van der Waals surface area contributed by atoms with Crippen LogP contribution in [-0.4, -0.2) is 53.2 Å². The summed E-state index contributed by atoms with van der Waals surface area (Å²) in [4.78, 5) is 46.7. The number of pyridine rings is 1. The first kappa shape index (κ1) is 21.5. The number of nitrogens with one attached hydrogen (secondary N) is 1. The third-order valence-electron chi connectivity index (χ3n) is 8.25. The molecular weight excluding hydrogens is 454 g/mol. The summed E-state index contributed by atoms with van der Waals surface area (Å²) in [6.45, 7) is 2.04. The lowest BCUT2D eigenvalue weighted by Crippen LogP contribution is -2.57. The van der Waals surface area contributed by atoms with Gasteiger partial charge in [-0.1, -0.05) is 12.1 Å². The van der Waals surface area contributed by atoms with E-state index >= 15 is 0 Å². The average Bonchev–Trinajstić information content (AvgIpc) is 3.77. The van der Waals surface area contributed by atoms with Crippen LogP contribution in [0.1, 0.15) is 66.1 Å². The molecule has 2 aromatic rings. The number of anilines is 2. The minimum Gasteiger partial charge on any atom is -0.352 e. The van der Waals surface area contributed by atoms with Gasteiger partial charge in [0.1, 0.15) is 11.9 Å². The highest BCUT2D eigenvalue weighted by molar-refractivity contribution is 6.52. The van der Waals surface area contributed by atoms with Crippen molar-refractivity contribution >= 4 is 29.1 Å². The van der Waals surface area contributed by atoms with E-state index in [4.69, 9.17) is 4.98 Å². The van der Waals surface area contributed by atoms with Gasteiger partial charge in [-0.25, -0.2) is 4.98 Å². The summed E-state index contributed by atoms with van der Waals surface area (Å²) in [7, 11) is 0. The topological polar surface area (TPSA) is 106 Å². The first-order valence-corrected chi connectivity index (χ1v) is 13.0. The van der Waals surface area contributed by atoms with Crippen LogP contribution in [0.2, 0.25) is 0 Å². The SMILES string of the molecule is N#Cc1cc(-c2cccc3c2NC(=O)C3=O)c(C2CC2)nc1N1CCN(C(=O)C2CC2)C(C2CC2)C1. The van der Waals surface area contributed by atoms with Crippen LogP contribution in [0.15, 0.2) is 24.3 Å². The minimum atomic E-state index is -0.625. The Labute approximate surface area is 209 Å². The Bertz CT molecular complexity index is 1370. The van der Waals surface area contributed by atoms with E-state index in [-0.39, 0.29) is 12.0 Å². The molecular formula is C28H27N5O3. The molecule has 8 heteroatoms. The Kier molecular flexibility index (Phi) is 4.72. The Morgan fingerprint density at radius 1 is 1.03 bits per heavy atom. The molecule has 1 unspecified atom stereocenters. The van der Waals surface area contributed by atoms with Gasteiger partial charge in [0.25, 0.3) is 11.7 Å². The lowest BCUT2D eigenvalue weighted by Gasteiger charge is -2.43. The zero-order chi connectivity index (χ0) is 24.6. The summed E-state index contributed by atoms with van der Waals surface area (Å²) in [5, 5.41) is 12.9. The lowest BCUT2D eigenvalue weighted by atomic mass is 9.95. The zero-order valence-electron chi connectivity index (χ0n) is 20.0. The summed E-state index contributed by atoms with van der Waals surface area (Å²) in [5.41, 5.74) is 3.83. The van der Waals surface area contributed by atoms with E-state index in [2.05, 4.69) is 21.2 Å². The molecule has 8 nitrogen and oxygen atoms in total. The summed E-state index contributed by atoms with van der Waals surface area (Å²) in [6.07, 6.45) is 6.39. The molecule has 1 aromatic heterocycles. The second kappa shape index (κ2) is 7.89. The van der Waals surface area contributed by atoms with E-state index in [1.807, 2.05) is 12.1 Å². The van der Waals surface area contributed by atoms with E-state index in [0.29, 0.717) is 60.0 Å². The van der Waals surface area contributed by atoms with Crippen LogP contribution in [0.4, 0.5) is 11.5 Å². The Morgan fingerprint density at radius 3 is 2.50 bits per heavy atom. The molecule has 1 atom stereocenters. The number of para-hydroxylation sites is 1. The fourth-order valence-corrected chi connectivity index (χ4v) is 5.84. The fourth-order valence-electron chi connectivity index (χ4n) is 5.84. The smallest absolute Gasteiger partial charge is 0.296 e. The molecule has 4 fully saturated rings. The second-order valence-corrected chi connectivity index (χ2v) is 10.8. The van der Waals surface area contributed by atoms with Crippen LogP contribution in [0.5, 0.6) is 0 Å². The molecule has 3 saturated carbocycles. The summed E-state index contributed by atoms with van der Waals surface area (Å²) < 4.78 is 0. The normalized spacial score (nSPS) is 23.4. The monoisotopic (exact) mass is 481 g/mol. The van der Waals surface area contributed by atoms with Crippen molar-refractivity contribution in [2.45, 2.75) is 50.5 Å². The van der Waals surface area contributed by atoms with Crippen molar-refractivity contribution in [2.75, 3.05) is 29.9 Å². The van der Waals surface area contributed by atoms with Crippen molar-refractivity contribution in [3.05, 3.63) is 41.1 Å². The fraction of sp³-hybridized carbons (Fsp3) is 0.464. The summed E-state index contributed by atoms with van der Waals surface area (Å²) >= 11 is 0. The van der Waals surface area contributed by atoms with Gasteiger partial charge in [0.15, 0.2) is 0 Å². The van der Waals surface area contributed by atoms with Crippen molar-refractivity contribution < 1.29 is 14.4 Å². The minimum absolute atomic E-state index is 0.183. The molecule has 0 radical (unpaired) electrons. The van der Waals surface area contributed by atoms with Gasteiger partial charge in [-0.05, 0) is 56.6 Å². The number of amides is 2. The largest absolute Gasteiger partial charge is 0.352 e. The standard InChI is InChI=1S/C28H27N5O3/c29-13-18-12-21(19-2-1-3-20-24(19)31-27(35)25(20)34)23(16-6-7-16)30-26(18)32-10-11-33(28(36)17-8-9-17)22(14-32)15-4-5-15/h1-3,12,15-17,22H,4-11,14H2,(H,31,34,35). The first-order chi connectivity index (χ1) is 17.5. The van der Waals surface area contributed by atoms with Gasteiger partial charge < -0.3 is 15.1 Å². The number of nitriles is 1. The van der Waals surface area contributed by atoms with Gasteiger partial charge in [-0.3, -0.25) is 14.4 Å². The third kappa shape index (κ3) is 3.48. The van der Waals surface area contributed by atoms with Gasteiger partial charge in [0, 0.05) is 42.6 Å². The van der Waals surface area contributed by atoms with Crippen molar-refractivity contribution in [3.8, 4) is 17.2 Å². The predicted octanol–water partition coefficient (Wildman–Crippen LogP) is 3.47. The summed E-state index contributed by atoms with van der Waals surface area (Å²) in [5.74, 6) is 0.896. The first-order valence-electron chi connectivity index (χ1n) is 13.0. The summed E-state index contributed by atoms with van der Waals surface area (Å²) in [6, 6.07) is 9.74. The molecule has 1 saturated heterocycles. The second-order valence-electron chi connectivity index (χ2n) is 10.8. The maximum Gasteiger partial charge on any atom is 0.296 e. The van der Waals surface area contributed by atoms with Crippen molar-refractivity contribution in [1.29, 1.82) is 5.26 Å². The van der Waals surface area contributed by atoms with Crippen LogP contribution in [-0.2, 0) is 9.59 Å². The number of piperazine rings is 1. The van der Waals surface area contributed by atoms with Gasteiger partial charge in [0.05, 0.1) is 28.6 Å². The van der Waals surface area contributed by atoms with Crippen molar-refractivity contribution in [3.63, 3.8) is 0 Å². The number of hydrogen-bond acceptors (Lipinski definition) is 6. The predicted molar refractivity (Wildman–Crippen MR) is 132 cm³/mol. The number of benzene rings is 1. The quantitative estimate of drug-likeness (QED) is 0.656. The molecule has 0 spiro atoms. The van der Waals surface area contributed by atoms with Crippen LogP contribution >= 0.6 is 0 Å². The highest BCUT2D eigenvalue weighted by Gasteiger charge is 2.45. The number of fused-ring (bicyclic) bond motifs is 1. The maximum absolute atomic E-state index is 12.9. The Balaban J connectivity index is 1.27. The van der Waals surface area contributed by atoms with Gasteiger partial charge >= 0.3 is 0 Å². The Morgan fingerprint density at radius 2 is 1.81 bits per heavy atom. The van der Waals surface area contributed by atoms with E-state index in [1.54, 1.807) is 12.1 Å². The van der Waals surface area contributed by atoms with Crippen LogP contribution in [0.25, 0.3) is 11.1 Å². The Hall–Kier alpha value is -3.73. The van der Waals surface area contributed by atoms with Gasteiger partial charge in [-0.2, -0.15) is 5.26 Å². The number of carbonyl (C=O) groups excluding carboxylic acids is 3. The molecule has 2 amide bonds. The molecule has 3 heterocycles. The van der Waals surface area contributed by atoms with Crippen molar-refractivity contribution in [2.24, 2.45) is 11.8 Å². The molecule has 3 aliphatic carbocycles. The van der Waals surface area contributed by atoms with Gasteiger partial charge in [-0.15, -0.1) is 0 Å². The molecule has 5 aliphatic rings. The van der Waals surface area contributed by atoms with E-state index in [0.717, 1.165) is 55.3 Å². The zero-order valence-corrected chi connectivity index (χ0v) is 20.0. The van der Waals surface area contributed by atoms with E-state index in [9.17, 15) is 19.6 Å². The number of carbonyl (C=O) groups is 3. The number of nitrogens with zero attached hydrogens (tertiary/aromatic N) is 4. The highest BCUT2D eigenvalue weighted by Crippen LogP contribution is 2.48. The van der Waals surface area contributed by atoms with E-state index < -0.39 is 11.7 Å². The van der Waals surface area contributed by atoms with Crippen molar-refractivity contribution in [1.82, 2.24) is 9.88 Å². The average molecular weight is 482 g/mol. The molecule has 36 heavy (non-hydrogen) atoms. The van der Waals surface area contributed by atoms with Crippen LogP contribution < -0.4 is 10.2 Å². The molecule has 1 aromatic carbocycles. The number of rotatable bonds is 5. The third-order valence-corrected chi connectivity index (χ3v) is 8.25. The number of ketones is 1. The molecule has 2 aliphatic heterocycles. The molecule has 0 bridgehead atoms.